The van der Waals surface area contributed by atoms with Gasteiger partial charge in [0.1, 0.15) is 11.5 Å². The van der Waals surface area contributed by atoms with Crippen LogP contribution in [0.4, 0.5) is 18.2 Å². The molecule has 0 aliphatic carbocycles. The zero-order chi connectivity index (χ0) is 22.7. The number of likely N-dealkylation sites (N-methyl/N-ethyl adjacent to an activating group) is 1. The van der Waals surface area contributed by atoms with E-state index in [1.54, 1.807) is 5.32 Å². The SMILES string of the molecule is CCOC(=O)[C@](NC(=O)CC)(Nc1sc2c(c1C(=O)OC)CC[NH+](C)C2)C(F)(F)F. The van der Waals surface area contributed by atoms with Crippen molar-refractivity contribution in [2.24, 2.45) is 0 Å². The molecule has 0 saturated carbocycles. The van der Waals surface area contributed by atoms with Crippen molar-refractivity contribution in [1.29, 1.82) is 0 Å². The Balaban J connectivity index is 2.65. The Morgan fingerprint density at radius 1 is 1.23 bits per heavy atom. The molecular formula is C18H25F3N3O5S+. The minimum absolute atomic E-state index is 0.0614. The fraction of sp³-hybridized carbons (Fsp3) is 0.611. The molecule has 0 fully saturated rings. The summed E-state index contributed by atoms with van der Waals surface area (Å²) in [6.45, 7) is 3.56. The molecule has 1 aromatic heterocycles. The quantitative estimate of drug-likeness (QED) is 0.420. The maximum absolute atomic E-state index is 14.2. The average molecular weight is 452 g/mol. The first-order chi connectivity index (χ1) is 14.0. The highest BCUT2D eigenvalue weighted by molar-refractivity contribution is 7.16. The van der Waals surface area contributed by atoms with Crippen LogP contribution in [0.15, 0.2) is 0 Å². The van der Waals surface area contributed by atoms with Gasteiger partial charge >= 0.3 is 23.8 Å². The van der Waals surface area contributed by atoms with E-state index in [2.05, 4.69) is 10.1 Å². The van der Waals surface area contributed by atoms with E-state index in [-0.39, 0.29) is 23.6 Å². The van der Waals surface area contributed by atoms with Crippen molar-refractivity contribution in [3.05, 3.63) is 16.0 Å². The second kappa shape index (κ2) is 9.21. The van der Waals surface area contributed by atoms with E-state index >= 15 is 0 Å². The number of esters is 2. The molecule has 1 aliphatic rings. The van der Waals surface area contributed by atoms with Crippen LogP contribution >= 0.6 is 11.3 Å². The molecule has 0 spiro atoms. The van der Waals surface area contributed by atoms with Crippen LogP contribution in [0.1, 0.15) is 41.1 Å². The zero-order valence-electron chi connectivity index (χ0n) is 17.1. The first-order valence-electron chi connectivity index (χ1n) is 9.37. The molecule has 12 heteroatoms. The molecule has 168 valence electrons. The molecule has 2 atom stereocenters. The van der Waals surface area contributed by atoms with Crippen molar-refractivity contribution in [3.63, 3.8) is 0 Å². The minimum atomic E-state index is -5.26. The Bertz CT molecular complexity index is 827. The molecule has 30 heavy (non-hydrogen) atoms. The molecule has 0 aromatic carbocycles. The van der Waals surface area contributed by atoms with Gasteiger partial charge in [0.15, 0.2) is 0 Å². The number of anilines is 1. The van der Waals surface area contributed by atoms with Crippen molar-refractivity contribution in [2.45, 2.75) is 45.1 Å². The zero-order valence-corrected chi connectivity index (χ0v) is 17.9. The lowest BCUT2D eigenvalue weighted by atomic mass is 10.0. The fourth-order valence-electron chi connectivity index (χ4n) is 3.12. The number of amides is 1. The Morgan fingerprint density at radius 2 is 1.90 bits per heavy atom. The minimum Gasteiger partial charge on any atom is -0.465 e. The number of carbonyl (C=O) groups is 3. The van der Waals surface area contributed by atoms with Gasteiger partial charge in [0.05, 0.1) is 37.7 Å². The lowest BCUT2D eigenvalue weighted by Crippen LogP contribution is -3.08. The molecule has 2 heterocycles. The Kier molecular flexibility index (Phi) is 7.35. The third-order valence-corrected chi connectivity index (χ3v) is 5.85. The van der Waals surface area contributed by atoms with Crippen LogP contribution in [-0.2, 0) is 32.0 Å². The molecule has 3 N–H and O–H groups in total. The monoisotopic (exact) mass is 452 g/mol. The first kappa shape index (κ1) is 23.9. The van der Waals surface area contributed by atoms with Gasteiger partial charge in [-0.15, -0.1) is 11.3 Å². The molecular weight excluding hydrogens is 427 g/mol. The van der Waals surface area contributed by atoms with Gasteiger partial charge in [0.2, 0.25) is 5.91 Å². The summed E-state index contributed by atoms with van der Waals surface area (Å²) in [5.41, 5.74) is -3.03. The van der Waals surface area contributed by atoms with Gasteiger partial charge in [-0.1, -0.05) is 6.92 Å². The number of ether oxygens (including phenoxy) is 2. The van der Waals surface area contributed by atoms with Crippen molar-refractivity contribution in [2.75, 3.05) is 32.6 Å². The van der Waals surface area contributed by atoms with Crippen LogP contribution in [0.2, 0.25) is 0 Å². The van der Waals surface area contributed by atoms with Crippen LogP contribution < -0.4 is 15.5 Å². The molecule has 1 aromatic rings. The maximum atomic E-state index is 14.2. The summed E-state index contributed by atoms with van der Waals surface area (Å²) in [6.07, 6.45) is -5.09. The van der Waals surface area contributed by atoms with Crippen LogP contribution in [0, 0.1) is 0 Å². The highest BCUT2D eigenvalue weighted by Crippen LogP contribution is 2.40. The van der Waals surface area contributed by atoms with E-state index in [0.29, 0.717) is 30.0 Å². The number of halogens is 3. The number of hydrogen-bond donors (Lipinski definition) is 3. The Hall–Kier alpha value is -2.34. The second-order valence-electron chi connectivity index (χ2n) is 6.83. The number of fused-ring (bicyclic) bond motifs is 1. The molecule has 0 bridgehead atoms. The summed E-state index contributed by atoms with van der Waals surface area (Å²) in [6, 6.07) is 0. The largest absolute Gasteiger partial charge is 0.465 e. The first-order valence-corrected chi connectivity index (χ1v) is 10.2. The number of quaternary nitrogens is 1. The van der Waals surface area contributed by atoms with E-state index < -0.39 is 29.7 Å². The smallest absolute Gasteiger partial charge is 0.441 e. The predicted octanol–water partition coefficient (Wildman–Crippen LogP) is 0.865. The summed E-state index contributed by atoms with van der Waals surface area (Å²) in [7, 11) is 3.05. The summed E-state index contributed by atoms with van der Waals surface area (Å²) >= 11 is 0.931. The number of alkyl halides is 3. The van der Waals surface area contributed by atoms with Gasteiger partial charge in [-0.05, 0) is 12.5 Å². The van der Waals surface area contributed by atoms with Gasteiger partial charge in [-0.2, -0.15) is 13.2 Å². The lowest BCUT2D eigenvalue weighted by molar-refractivity contribution is -0.895. The number of thiophene rings is 1. The standard InChI is InChI=1S/C18H24F3N3O5S/c1-5-12(25)22-17(18(19,20)21,16(27)29-6-2)23-14-13(15(26)28-4)10-7-8-24(3)9-11(10)30-14/h23H,5-9H2,1-4H3,(H,22,25)/p+1/t17-/m0/s1. The second-order valence-corrected chi connectivity index (χ2v) is 7.93. The third kappa shape index (κ3) is 4.53. The number of nitrogens with one attached hydrogen (secondary N) is 3. The van der Waals surface area contributed by atoms with Crippen LogP contribution in [0.3, 0.4) is 0 Å². The van der Waals surface area contributed by atoms with Crippen molar-refractivity contribution in [3.8, 4) is 0 Å². The number of rotatable bonds is 7. The number of methoxy groups -OCH3 is 1. The van der Waals surface area contributed by atoms with Gasteiger partial charge in [-0.3, -0.25) is 4.79 Å². The molecule has 1 amide bonds. The van der Waals surface area contributed by atoms with Crippen LogP contribution in [0.25, 0.3) is 0 Å². The fourth-order valence-corrected chi connectivity index (χ4v) is 4.53. The topological polar surface area (TPSA) is 98.2 Å². The van der Waals surface area contributed by atoms with Crippen molar-refractivity contribution >= 4 is 34.2 Å². The van der Waals surface area contributed by atoms with Crippen LogP contribution in [-0.4, -0.2) is 57.0 Å². The molecule has 1 unspecified atom stereocenters. The van der Waals surface area contributed by atoms with Gasteiger partial charge in [0.25, 0.3) is 0 Å². The average Bonchev–Trinajstić information content (AvgIpc) is 3.02. The number of carbonyl (C=O) groups excluding carboxylic acids is 3. The van der Waals surface area contributed by atoms with Crippen molar-refractivity contribution in [1.82, 2.24) is 5.32 Å². The van der Waals surface area contributed by atoms with Crippen LogP contribution in [0.5, 0.6) is 0 Å². The molecule has 1 aliphatic heterocycles. The summed E-state index contributed by atoms with van der Waals surface area (Å²) in [4.78, 5) is 38.7. The maximum Gasteiger partial charge on any atom is 0.441 e. The molecule has 2 rings (SSSR count). The normalized spacial score (nSPS) is 18.0. The summed E-state index contributed by atoms with van der Waals surface area (Å²) in [5.74, 6) is -3.56. The third-order valence-electron chi connectivity index (χ3n) is 4.70. The van der Waals surface area contributed by atoms with Gasteiger partial charge in [-0.25, -0.2) is 9.59 Å². The summed E-state index contributed by atoms with van der Waals surface area (Å²) < 4.78 is 52.0. The Labute approximate surface area is 175 Å². The van der Waals surface area contributed by atoms with E-state index in [1.165, 1.54) is 13.8 Å². The van der Waals surface area contributed by atoms with E-state index in [4.69, 9.17) is 4.74 Å². The van der Waals surface area contributed by atoms with Gasteiger partial charge < -0.3 is 25.0 Å². The predicted molar refractivity (Wildman–Crippen MR) is 102 cm³/mol. The summed E-state index contributed by atoms with van der Waals surface area (Å²) in [5, 5.41) is 3.64. The highest BCUT2D eigenvalue weighted by Gasteiger charge is 2.64. The van der Waals surface area contributed by atoms with Crippen molar-refractivity contribution < 1.29 is 41.9 Å². The highest BCUT2D eigenvalue weighted by atomic mass is 32.1. The molecule has 8 nitrogen and oxygen atoms in total. The number of hydrogen-bond acceptors (Lipinski definition) is 7. The molecule has 0 saturated heterocycles. The van der Waals surface area contributed by atoms with Gasteiger partial charge in [0, 0.05) is 12.8 Å². The van der Waals surface area contributed by atoms with E-state index in [1.807, 2.05) is 7.05 Å². The lowest BCUT2D eigenvalue weighted by Gasteiger charge is -2.35. The van der Waals surface area contributed by atoms with E-state index in [0.717, 1.165) is 23.3 Å². The van der Waals surface area contributed by atoms with E-state index in [9.17, 15) is 27.6 Å². The Morgan fingerprint density at radius 3 is 2.43 bits per heavy atom. The molecule has 0 radical (unpaired) electrons.